The molecule has 2 nitrogen and oxygen atoms in total. The first-order valence-electron chi connectivity index (χ1n) is 7.08. The van der Waals surface area contributed by atoms with Gasteiger partial charge in [0.2, 0.25) is 0 Å². The van der Waals surface area contributed by atoms with E-state index in [1.54, 1.807) is 0 Å². The fraction of sp³-hybridized carbons (Fsp3) is 1.00. The SMILES string of the molecule is CCC1CCC(CN)(N2CC(C)CC2C)C1. The summed E-state index contributed by atoms with van der Waals surface area (Å²) in [6.07, 6.45) is 6.76. The highest BCUT2D eigenvalue weighted by atomic mass is 15.3. The standard InChI is InChI=1S/C14H28N2/c1-4-13-5-6-14(8-13,10-15)16-9-11(2)7-12(16)3/h11-13H,4-10,15H2,1-3H3. The molecule has 2 N–H and O–H groups in total. The van der Waals surface area contributed by atoms with Gasteiger partial charge in [0.15, 0.2) is 0 Å². The molecule has 0 spiro atoms. The molecule has 2 rings (SSSR count). The molecule has 0 aromatic carbocycles. The van der Waals surface area contributed by atoms with Crippen molar-refractivity contribution in [3.05, 3.63) is 0 Å². The van der Waals surface area contributed by atoms with Crippen LogP contribution < -0.4 is 5.73 Å². The predicted octanol–water partition coefficient (Wildman–Crippen LogP) is 2.62. The minimum absolute atomic E-state index is 0.352. The molecule has 0 bridgehead atoms. The lowest BCUT2D eigenvalue weighted by molar-refractivity contribution is 0.0860. The molecule has 94 valence electrons. The second kappa shape index (κ2) is 4.66. The van der Waals surface area contributed by atoms with Crippen molar-refractivity contribution in [2.45, 2.75) is 64.5 Å². The second-order valence-corrected chi connectivity index (χ2v) is 6.29. The summed E-state index contributed by atoms with van der Waals surface area (Å²) in [7, 11) is 0. The third-order valence-electron chi connectivity index (χ3n) is 5.04. The highest BCUT2D eigenvalue weighted by Crippen LogP contribution is 2.43. The van der Waals surface area contributed by atoms with Crippen LogP contribution in [0, 0.1) is 11.8 Å². The Hall–Kier alpha value is -0.0800. The molecule has 0 aromatic heterocycles. The maximum absolute atomic E-state index is 6.13. The van der Waals surface area contributed by atoms with Crippen LogP contribution in [0.15, 0.2) is 0 Å². The van der Waals surface area contributed by atoms with Crippen LogP contribution in [0.25, 0.3) is 0 Å². The van der Waals surface area contributed by atoms with Gasteiger partial charge in [0.05, 0.1) is 0 Å². The van der Waals surface area contributed by atoms with Crippen LogP contribution >= 0.6 is 0 Å². The van der Waals surface area contributed by atoms with Crippen molar-refractivity contribution >= 4 is 0 Å². The van der Waals surface area contributed by atoms with Crippen molar-refractivity contribution in [2.24, 2.45) is 17.6 Å². The van der Waals surface area contributed by atoms with Crippen molar-refractivity contribution in [2.75, 3.05) is 13.1 Å². The average Bonchev–Trinajstić information content (AvgIpc) is 2.83. The molecule has 4 unspecified atom stereocenters. The zero-order chi connectivity index (χ0) is 11.8. The quantitative estimate of drug-likeness (QED) is 0.798. The lowest BCUT2D eigenvalue weighted by Crippen LogP contribution is -2.53. The van der Waals surface area contributed by atoms with Gasteiger partial charge in [-0.15, -0.1) is 0 Å². The lowest BCUT2D eigenvalue weighted by Gasteiger charge is -2.41. The number of hydrogen-bond acceptors (Lipinski definition) is 2. The van der Waals surface area contributed by atoms with Gasteiger partial charge in [-0.2, -0.15) is 0 Å². The summed E-state index contributed by atoms with van der Waals surface area (Å²) in [4.78, 5) is 2.74. The Labute approximate surface area is 101 Å². The Balaban J connectivity index is 2.10. The average molecular weight is 224 g/mol. The molecule has 2 aliphatic rings. The summed E-state index contributed by atoms with van der Waals surface area (Å²) in [5.74, 6) is 1.78. The number of nitrogens with zero attached hydrogens (tertiary/aromatic N) is 1. The first kappa shape index (κ1) is 12.4. The Kier molecular flexibility index (Phi) is 3.60. The normalized spacial score (nSPS) is 45.4. The highest BCUT2D eigenvalue weighted by Gasteiger charge is 2.46. The van der Waals surface area contributed by atoms with Gasteiger partial charge >= 0.3 is 0 Å². The molecule has 1 aliphatic carbocycles. The monoisotopic (exact) mass is 224 g/mol. The Morgan fingerprint density at radius 2 is 2.12 bits per heavy atom. The number of likely N-dealkylation sites (tertiary alicyclic amines) is 1. The maximum atomic E-state index is 6.13. The Bertz CT molecular complexity index is 241. The van der Waals surface area contributed by atoms with E-state index in [4.69, 9.17) is 5.73 Å². The predicted molar refractivity (Wildman–Crippen MR) is 69.4 cm³/mol. The molecule has 0 aromatic rings. The van der Waals surface area contributed by atoms with Gasteiger partial charge in [0, 0.05) is 24.7 Å². The second-order valence-electron chi connectivity index (χ2n) is 6.29. The van der Waals surface area contributed by atoms with Gasteiger partial charge in [-0.3, -0.25) is 4.90 Å². The van der Waals surface area contributed by atoms with Gasteiger partial charge in [-0.25, -0.2) is 0 Å². The minimum atomic E-state index is 0.352. The molecule has 1 saturated carbocycles. The maximum Gasteiger partial charge on any atom is 0.0337 e. The minimum Gasteiger partial charge on any atom is -0.329 e. The van der Waals surface area contributed by atoms with Crippen LogP contribution in [0.5, 0.6) is 0 Å². The van der Waals surface area contributed by atoms with Gasteiger partial charge < -0.3 is 5.73 Å². The van der Waals surface area contributed by atoms with Gasteiger partial charge in [-0.05, 0) is 44.4 Å². The molecule has 4 atom stereocenters. The summed E-state index contributed by atoms with van der Waals surface area (Å²) in [6, 6.07) is 0.745. The van der Waals surface area contributed by atoms with Crippen molar-refractivity contribution < 1.29 is 0 Å². The molecule has 1 heterocycles. The van der Waals surface area contributed by atoms with Crippen LogP contribution in [0.3, 0.4) is 0 Å². The smallest absolute Gasteiger partial charge is 0.0337 e. The summed E-state index contributed by atoms with van der Waals surface area (Å²) >= 11 is 0. The molecular formula is C14H28N2. The van der Waals surface area contributed by atoms with Crippen molar-refractivity contribution in [3.8, 4) is 0 Å². The van der Waals surface area contributed by atoms with E-state index in [2.05, 4.69) is 25.7 Å². The summed E-state index contributed by atoms with van der Waals surface area (Å²) in [6.45, 7) is 9.23. The first-order valence-corrected chi connectivity index (χ1v) is 7.08. The highest BCUT2D eigenvalue weighted by molar-refractivity contribution is 5.02. The number of rotatable bonds is 3. The van der Waals surface area contributed by atoms with E-state index in [1.165, 1.54) is 38.6 Å². The van der Waals surface area contributed by atoms with Crippen molar-refractivity contribution in [1.82, 2.24) is 4.90 Å². The van der Waals surface area contributed by atoms with E-state index in [0.29, 0.717) is 5.54 Å². The van der Waals surface area contributed by atoms with Crippen LogP contribution in [-0.2, 0) is 0 Å². The molecule has 0 radical (unpaired) electrons. The Morgan fingerprint density at radius 1 is 1.38 bits per heavy atom. The molecule has 1 aliphatic heterocycles. The molecule has 1 saturated heterocycles. The lowest BCUT2D eigenvalue weighted by atomic mass is 9.92. The first-order chi connectivity index (χ1) is 7.61. The van der Waals surface area contributed by atoms with E-state index >= 15 is 0 Å². The molecule has 0 amide bonds. The Morgan fingerprint density at radius 3 is 2.56 bits per heavy atom. The van der Waals surface area contributed by atoms with E-state index in [1.807, 2.05) is 0 Å². The van der Waals surface area contributed by atoms with Crippen LogP contribution in [0.2, 0.25) is 0 Å². The molecular weight excluding hydrogens is 196 g/mol. The summed E-state index contributed by atoms with van der Waals surface area (Å²) < 4.78 is 0. The van der Waals surface area contributed by atoms with Crippen molar-refractivity contribution in [1.29, 1.82) is 0 Å². The number of nitrogens with two attached hydrogens (primary N) is 1. The van der Waals surface area contributed by atoms with Gasteiger partial charge in [0.25, 0.3) is 0 Å². The third-order valence-corrected chi connectivity index (χ3v) is 5.04. The summed E-state index contributed by atoms with van der Waals surface area (Å²) in [5, 5.41) is 0. The zero-order valence-electron chi connectivity index (χ0n) is 11.2. The van der Waals surface area contributed by atoms with E-state index in [9.17, 15) is 0 Å². The molecule has 16 heavy (non-hydrogen) atoms. The molecule has 2 heteroatoms. The van der Waals surface area contributed by atoms with Gasteiger partial charge in [0.1, 0.15) is 0 Å². The summed E-state index contributed by atoms with van der Waals surface area (Å²) in [5.41, 5.74) is 6.48. The fourth-order valence-corrected chi connectivity index (χ4v) is 4.09. The van der Waals surface area contributed by atoms with E-state index in [0.717, 1.165) is 24.4 Å². The topological polar surface area (TPSA) is 29.3 Å². The van der Waals surface area contributed by atoms with Crippen molar-refractivity contribution in [3.63, 3.8) is 0 Å². The zero-order valence-corrected chi connectivity index (χ0v) is 11.2. The van der Waals surface area contributed by atoms with Gasteiger partial charge in [-0.1, -0.05) is 20.3 Å². The third kappa shape index (κ3) is 2.02. The largest absolute Gasteiger partial charge is 0.329 e. The van der Waals surface area contributed by atoms with Crippen LogP contribution in [0.1, 0.15) is 52.9 Å². The molecule has 2 fully saturated rings. The van der Waals surface area contributed by atoms with Crippen LogP contribution in [0.4, 0.5) is 0 Å². The van der Waals surface area contributed by atoms with Crippen LogP contribution in [-0.4, -0.2) is 29.6 Å². The van der Waals surface area contributed by atoms with E-state index in [-0.39, 0.29) is 0 Å². The van der Waals surface area contributed by atoms with E-state index < -0.39 is 0 Å². The fourth-order valence-electron chi connectivity index (χ4n) is 4.09. The number of hydrogen-bond donors (Lipinski definition) is 1.